The first kappa shape index (κ1) is 6.46. The molecule has 3 heteroatoms. The van der Waals surface area contributed by atoms with Crippen molar-refractivity contribution in [1.82, 2.24) is 5.32 Å². The first-order chi connectivity index (χ1) is 5.36. The highest BCUT2D eigenvalue weighted by Crippen LogP contribution is 2.19. The van der Waals surface area contributed by atoms with Gasteiger partial charge in [0.05, 0.1) is 5.70 Å². The van der Waals surface area contributed by atoms with Gasteiger partial charge in [-0.1, -0.05) is 6.08 Å². The Hall–Kier alpha value is -1.25. The molecule has 0 radical (unpaired) electrons. The minimum absolute atomic E-state index is 0.0425. The first-order valence-electron chi connectivity index (χ1n) is 3.68. The highest BCUT2D eigenvalue weighted by Gasteiger charge is 2.18. The molecule has 1 aliphatic carbocycles. The van der Waals surface area contributed by atoms with Crippen molar-refractivity contribution in [2.75, 3.05) is 6.61 Å². The minimum Gasteiger partial charge on any atom is -0.482 e. The van der Waals surface area contributed by atoms with Gasteiger partial charge in [-0.05, 0) is 18.9 Å². The molecule has 1 aliphatic heterocycles. The van der Waals surface area contributed by atoms with Gasteiger partial charge in [0.25, 0.3) is 5.91 Å². The summed E-state index contributed by atoms with van der Waals surface area (Å²) in [5.41, 5.74) is 0.934. The van der Waals surface area contributed by atoms with E-state index in [1.807, 2.05) is 6.08 Å². The van der Waals surface area contributed by atoms with Gasteiger partial charge >= 0.3 is 0 Å². The van der Waals surface area contributed by atoms with Crippen molar-refractivity contribution < 1.29 is 9.53 Å². The van der Waals surface area contributed by atoms with Crippen molar-refractivity contribution in [2.45, 2.75) is 12.8 Å². The van der Waals surface area contributed by atoms with Gasteiger partial charge in [0.2, 0.25) is 0 Å². The number of rotatable bonds is 0. The molecule has 0 atom stereocenters. The van der Waals surface area contributed by atoms with Crippen molar-refractivity contribution in [3.8, 4) is 0 Å². The van der Waals surface area contributed by atoms with Gasteiger partial charge in [-0.3, -0.25) is 4.79 Å². The van der Waals surface area contributed by atoms with Crippen molar-refractivity contribution in [3.05, 3.63) is 23.6 Å². The van der Waals surface area contributed by atoms with Gasteiger partial charge < -0.3 is 10.1 Å². The van der Waals surface area contributed by atoms with Crippen LogP contribution < -0.4 is 5.32 Å². The molecular formula is C8H9NO2. The molecule has 2 aliphatic rings. The average Bonchev–Trinajstić information content (AvgIpc) is 2.04. The van der Waals surface area contributed by atoms with E-state index in [9.17, 15) is 4.79 Å². The Bertz CT molecular complexity index is 253. The molecule has 0 fully saturated rings. The molecule has 0 saturated carbocycles. The van der Waals surface area contributed by atoms with Crippen molar-refractivity contribution in [1.29, 1.82) is 0 Å². The van der Waals surface area contributed by atoms with Crippen LogP contribution >= 0.6 is 0 Å². The molecule has 1 N–H and O–H groups in total. The topological polar surface area (TPSA) is 38.3 Å². The second-order valence-corrected chi connectivity index (χ2v) is 2.62. The van der Waals surface area contributed by atoms with Crippen LogP contribution in [0.1, 0.15) is 12.8 Å². The zero-order valence-electron chi connectivity index (χ0n) is 6.09. The SMILES string of the molecule is O=C1COC2=C(CCC=C2)N1. The van der Waals surface area contributed by atoms with E-state index in [2.05, 4.69) is 11.4 Å². The molecule has 0 aromatic heterocycles. The lowest BCUT2D eigenvalue weighted by molar-refractivity contribution is -0.125. The zero-order chi connectivity index (χ0) is 7.68. The van der Waals surface area contributed by atoms with E-state index < -0.39 is 0 Å². The highest BCUT2D eigenvalue weighted by atomic mass is 16.5. The third kappa shape index (κ3) is 1.13. The quantitative estimate of drug-likeness (QED) is 0.553. The van der Waals surface area contributed by atoms with E-state index in [1.54, 1.807) is 0 Å². The maximum atomic E-state index is 10.8. The predicted molar refractivity (Wildman–Crippen MR) is 39.5 cm³/mol. The lowest BCUT2D eigenvalue weighted by Crippen LogP contribution is -2.33. The third-order valence-electron chi connectivity index (χ3n) is 1.78. The maximum Gasteiger partial charge on any atom is 0.262 e. The Morgan fingerprint density at radius 1 is 1.55 bits per heavy atom. The summed E-state index contributed by atoms with van der Waals surface area (Å²) in [5, 5.41) is 2.78. The largest absolute Gasteiger partial charge is 0.482 e. The monoisotopic (exact) mass is 151 g/mol. The summed E-state index contributed by atoms with van der Waals surface area (Å²) in [6.07, 6.45) is 5.84. The minimum atomic E-state index is -0.0425. The normalized spacial score (nSPS) is 22.4. The molecular weight excluding hydrogens is 142 g/mol. The molecule has 1 amide bonds. The molecule has 11 heavy (non-hydrogen) atoms. The molecule has 1 heterocycles. The van der Waals surface area contributed by atoms with Crippen LogP contribution in [0.15, 0.2) is 23.6 Å². The van der Waals surface area contributed by atoms with Crippen LogP contribution in [-0.2, 0) is 9.53 Å². The van der Waals surface area contributed by atoms with Gasteiger partial charge in [0.15, 0.2) is 6.61 Å². The highest BCUT2D eigenvalue weighted by molar-refractivity contribution is 5.80. The summed E-state index contributed by atoms with van der Waals surface area (Å²) < 4.78 is 5.17. The van der Waals surface area contributed by atoms with Gasteiger partial charge in [-0.25, -0.2) is 0 Å². The van der Waals surface area contributed by atoms with Crippen LogP contribution in [0.25, 0.3) is 0 Å². The van der Waals surface area contributed by atoms with E-state index in [1.165, 1.54) is 0 Å². The van der Waals surface area contributed by atoms with Crippen LogP contribution in [0.5, 0.6) is 0 Å². The Labute approximate surface area is 64.7 Å². The van der Waals surface area contributed by atoms with Crippen molar-refractivity contribution in [2.24, 2.45) is 0 Å². The summed E-state index contributed by atoms with van der Waals surface area (Å²) >= 11 is 0. The van der Waals surface area contributed by atoms with Crippen LogP contribution in [0.4, 0.5) is 0 Å². The fraction of sp³-hybridized carbons (Fsp3) is 0.375. The van der Waals surface area contributed by atoms with Crippen LogP contribution in [-0.4, -0.2) is 12.5 Å². The van der Waals surface area contributed by atoms with Gasteiger partial charge in [0, 0.05) is 0 Å². The Morgan fingerprint density at radius 2 is 2.45 bits per heavy atom. The fourth-order valence-corrected chi connectivity index (χ4v) is 1.25. The standard InChI is InChI=1S/C8H9NO2/c10-8-5-11-7-4-2-1-3-6(7)9-8/h2,4H,1,3,5H2,(H,9,10). The number of nitrogens with one attached hydrogen (secondary N) is 1. The number of ether oxygens (including phenoxy) is 1. The zero-order valence-corrected chi connectivity index (χ0v) is 6.09. The number of hydrogen-bond acceptors (Lipinski definition) is 2. The second kappa shape index (κ2) is 2.42. The number of hydrogen-bond donors (Lipinski definition) is 1. The molecule has 3 nitrogen and oxygen atoms in total. The Balaban J connectivity index is 2.26. The summed E-state index contributed by atoms with van der Waals surface area (Å²) in [6.45, 7) is 0.156. The second-order valence-electron chi connectivity index (χ2n) is 2.62. The number of carbonyl (C=O) groups excluding carboxylic acids is 1. The van der Waals surface area contributed by atoms with E-state index in [-0.39, 0.29) is 12.5 Å². The molecule has 0 aromatic carbocycles. The van der Waals surface area contributed by atoms with Gasteiger partial charge in [0.1, 0.15) is 5.76 Å². The molecule has 0 spiro atoms. The number of amides is 1. The third-order valence-corrected chi connectivity index (χ3v) is 1.78. The molecule has 0 saturated heterocycles. The van der Waals surface area contributed by atoms with E-state index in [4.69, 9.17) is 4.74 Å². The van der Waals surface area contributed by atoms with Gasteiger partial charge in [-0.15, -0.1) is 0 Å². The molecule has 58 valence electrons. The molecule has 0 bridgehead atoms. The summed E-state index contributed by atoms with van der Waals surface area (Å²) in [7, 11) is 0. The maximum absolute atomic E-state index is 10.8. The lowest BCUT2D eigenvalue weighted by Gasteiger charge is -2.21. The summed E-state index contributed by atoms with van der Waals surface area (Å²) in [4.78, 5) is 10.8. The fourth-order valence-electron chi connectivity index (χ4n) is 1.25. The number of allylic oxidation sites excluding steroid dienone is 3. The molecule has 2 rings (SSSR count). The van der Waals surface area contributed by atoms with Gasteiger partial charge in [-0.2, -0.15) is 0 Å². The van der Waals surface area contributed by atoms with Crippen molar-refractivity contribution >= 4 is 5.91 Å². The Morgan fingerprint density at radius 3 is 3.36 bits per heavy atom. The van der Waals surface area contributed by atoms with Crippen LogP contribution in [0.2, 0.25) is 0 Å². The van der Waals surface area contributed by atoms with E-state index in [0.717, 1.165) is 24.3 Å². The summed E-state index contributed by atoms with van der Waals surface area (Å²) in [5.74, 6) is 0.787. The molecule has 0 aromatic rings. The molecule has 0 unspecified atom stereocenters. The first-order valence-corrected chi connectivity index (χ1v) is 3.68. The van der Waals surface area contributed by atoms with E-state index >= 15 is 0 Å². The summed E-state index contributed by atoms with van der Waals surface area (Å²) in [6, 6.07) is 0. The Kier molecular flexibility index (Phi) is 1.42. The predicted octanol–water partition coefficient (Wildman–Crippen LogP) is 0.694. The number of carbonyl (C=O) groups is 1. The van der Waals surface area contributed by atoms with E-state index in [0.29, 0.717) is 0 Å². The smallest absolute Gasteiger partial charge is 0.262 e. The van der Waals surface area contributed by atoms with Crippen LogP contribution in [0, 0.1) is 0 Å². The van der Waals surface area contributed by atoms with Crippen molar-refractivity contribution in [3.63, 3.8) is 0 Å². The average molecular weight is 151 g/mol. The lowest BCUT2D eigenvalue weighted by atomic mass is 10.1. The van der Waals surface area contributed by atoms with Crippen LogP contribution in [0.3, 0.4) is 0 Å².